The molecule has 0 saturated carbocycles. The zero-order valence-electron chi connectivity index (χ0n) is 9.21. The van der Waals surface area contributed by atoms with E-state index in [1.807, 2.05) is 18.9 Å². The Morgan fingerprint density at radius 2 is 2.38 bits per heavy atom. The molecule has 1 amide bonds. The summed E-state index contributed by atoms with van der Waals surface area (Å²) in [6.07, 6.45) is 1.74. The maximum Gasteiger partial charge on any atom is 0.252 e. The van der Waals surface area contributed by atoms with Crippen molar-refractivity contribution in [3.8, 4) is 0 Å². The average Bonchev–Trinajstić information content (AvgIpc) is 2.70. The van der Waals surface area contributed by atoms with Crippen LogP contribution in [0.1, 0.15) is 17.3 Å². The first kappa shape index (κ1) is 10.4. The lowest BCUT2D eigenvalue weighted by atomic mass is 10.2. The first-order valence-electron chi connectivity index (χ1n) is 4.99. The Kier molecular flexibility index (Phi) is 2.47. The third kappa shape index (κ3) is 1.58. The zero-order valence-corrected chi connectivity index (χ0v) is 9.21. The van der Waals surface area contributed by atoms with E-state index in [2.05, 4.69) is 10.1 Å². The van der Waals surface area contributed by atoms with Crippen LogP contribution in [0, 0.1) is 0 Å². The van der Waals surface area contributed by atoms with E-state index in [9.17, 15) is 4.79 Å². The Balaban J connectivity index is 2.61. The van der Waals surface area contributed by atoms with Crippen LogP contribution in [0.25, 0.3) is 5.65 Å². The summed E-state index contributed by atoms with van der Waals surface area (Å²) in [5, 5.41) is 4.25. The molecule has 0 spiro atoms. The van der Waals surface area contributed by atoms with Crippen LogP contribution in [0.15, 0.2) is 18.3 Å². The van der Waals surface area contributed by atoms with Crippen molar-refractivity contribution in [3.63, 3.8) is 0 Å². The van der Waals surface area contributed by atoms with E-state index < -0.39 is 5.91 Å². The van der Waals surface area contributed by atoms with Crippen molar-refractivity contribution in [2.75, 3.05) is 18.5 Å². The Hall–Kier alpha value is -2.11. The molecule has 0 aliphatic rings. The summed E-state index contributed by atoms with van der Waals surface area (Å²) >= 11 is 0. The molecule has 6 nitrogen and oxygen atoms in total. The molecule has 0 radical (unpaired) electrons. The number of hydrogen-bond donors (Lipinski definition) is 1. The van der Waals surface area contributed by atoms with Crippen molar-refractivity contribution in [2.45, 2.75) is 6.92 Å². The average molecular weight is 219 g/mol. The number of carbonyl (C=O) groups is 1. The minimum Gasteiger partial charge on any atom is -0.365 e. The van der Waals surface area contributed by atoms with E-state index in [0.717, 1.165) is 6.54 Å². The van der Waals surface area contributed by atoms with Crippen LogP contribution in [0.2, 0.25) is 0 Å². The van der Waals surface area contributed by atoms with Gasteiger partial charge in [0, 0.05) is 19.8 Å². The van der Waals surface area contributed by atoms with E-state index in [0.29, 0.717) is 17.2 Å². The molecule has 2 aromatic rings. The Morgan fingerprint density at radius 3 is 3.00 bits per heavy atom. The SMILES string of the molecule is CCN(C)c1nc2c(C(N)=O)cccn2n1. The molecule has 6 heteroatoms. The second-order valence-electron chi connectivity index (χ2n) is 3.48. The van der Waals surface area contributed by atoms with E-state index in [4.69, 9.17) is 5.73 Å². The fourth-order valence-corrected chi connectivity index (χ4v) is 1.39. The standard InChI is InChI=1S/C10H13N5O/c1-3-14(2)10-12-9-7(8(11)16)5-4-6-15(9)13-10/h4-6H,3H2,1-2H3,(H2,11,16). The summed E-state index contributed by atoms with van der Waals surface area (Å²) < 4.78 is 1.56. The summed E-state index contributed by atoms with van der Waals surface area (Å²) in [6.45, 7) is 2.80. The Bertz CT molecular complexity index is 533. The molecule has 2 N–H and O–H groups in total. The summed E-state index contributed by atoms with van der Waals surface area (Å²) in [5.74, 6) is 0.0832. The number of aromatic nitrogens is 3. The molecule has 0 bridgehead atoms. The Labute approximate surface area is 92.7 Å². The minimum absolute atomic E-state index is 0.380. The first-order chi connectivity index (χ1) is 7.63. The van der Waals surface area contributed by atoms with Gasteiger partial charge in [0.2, 0.25) is 5.95 Å². The highest BCUT2D eigenvalue weighted by Crippen LogP contribution is 2.12. The van der Waals surface area contributed by atoms with Gasteiger partial charge in [0.05, 0.1) is 5.56 Å². The fourth-order valence-electron chi connectivity index (χ4n) is 1.39. The topological polar surface area (TPSA) is 76.5 Å². The van der Waals surface area contributed by atoms with Crippen LogP contribution in [0.3, 0.4) is 0 Å². The quantitative estimate of drug-likeness (QED) is 0.804. The molecule has 0 aliphatic heterocycles. The number of hydrogen-bond acceptors (Lipinski definition) is 4. The molecule has 16 heavy (non-hydrogen) atoms. The van der Waals surface area contributed by atoms with Crippen molar-refractivity contribution in [2.24, 2.45) is 5.73 Å². The second-order valence-corrected chi connectivity index (χ2v) is 3.48. The number of pyridine rings is 1. The number of primary amides is 1. The summed E-state index contributed by atoms with van der Waals surface area (Å²) in [5.41, 5.74) is 6.14. The van der Waals surface area contributed by atoms with Gasteiger partial charge in [-0.15, -0.1) is 5.10 Å². The number of carbonyl (C=O) groups excluding carboxylic acids is 1. The number of nitrogens with zero attached hydrogens (tertiary/aromatic N) is 4. The number of rotatable bonds is 3. The smallest absolute Gasteiger partial charge is 0.252 e. The van der Waals surface area contributed by atoms with Crippen LogP contribution in [0.4, 0.5) is 5.95 Å². The highest BCUT2D eigenvalue weighted by atomic mass is 16.1. The largest absolute Gasteiger partial charge is 0.365 e. The molecular formula is C10H13N5O. The third-order valence-corrected chi connectivity index (χ3v) is 2.43. The van der Waals surface area contributed by atoms with Crippen molar-refractivity contribution >= 4 is 17.5 Å². The zero-order chi connectivity index (χ0) is 11.7. The minimum atomic E-state index is -0.497. The van der Waals surface area contributed by atoms with E-state index in [1.54, 1.807) is 22.8 Å². The van der Waals surface area contributed by atoms with Gasteiger partial charge in [-0.05, 0) is 19.1 Å². The lowest BCUT2D eigenvalue weighted by Gasteiger charge is -2.09. The van der Waals surface area contributed by atoms with Gasteiger partial charge in [-0.3, -0.25) is 4.79 Å². The lowest BCUT2D eigenvalue weighted by molar-refractivity contribution is 0.100. The molecule has 0 aliphatic carbocycles. The monoisotopic (exact) mass is 219 g/mol. The van der Waals surface area contributed by atoms with Crippen LogP contribution in [-0.2, 0) is 0 Å². The van der Waals surface area contributed by atoms with Gasteiger partial charge in [-0.25, -0.2) is 4.52 Å². The van der Waals surface area contributed by atoms with Crippen LogP contribution >= 0.6 is 0 Å². The van der Waals surface area contributed by atoms with E-state index in [-0.39, 0.29) is 0 Å². The lowest BCUT2D eigenvalue weighted by Crippen LogP contribution is -2.17. The molecule has 2 rings (SSSR count). The van der Waals surface area contributed by atoms with E-state index in [1.165, 1.54) is 0 Å². The number of amides is 1. The molecular weight excluding hydrogens is 206 g/mol. The maximum absolute atomic E-state index is 11.2. The fraction of sp³-hybridized carbons (Fsp3) is 0.300. The molecule has 0 fully saturated rings. The first-order valence-corrected chi connectivity index (χ1v) is 4.99. The maximum atomic E-state index is 11.2. The third-order valence-electron chi connectivity index (χ3n) is 2.43. The predicted molar refractivity (Wildman–Crippen MR) is 60.4 cm³/mol. The van der Waals surface area contributed by atoms with Gasteiger partial charge < -0.3 is 10.6 Å². The Morgan fingerprint density at radius 1 is 1.62 bits per heavy atom. The summed E-state index contributed by atoms with van der Waals surface area (Å²) in [4.78, 5) is 17.4. The van der Waals surface area contributed by atoms with Crippen molar-refractivity contribution in [3.05, 3.63) is 23.9 Å². The number of anilines is 1. The number of fused-ring (bicyclic) bond motifs is 1. The van der Waals surface area contributed by atoms with Gasteiger partial charge in [0.25, 0.3) is 5.91 Å². The van der Waals surface area contributed by atoms with Crippen molar-refractivity contribution in [1.82, 2.24) is 14.6 Å². The van der Waals surface area contributed by atoms with Gasteiger partial charge in [0.1, 0.15) is 0 Å². The van der Waals surface area contributed by atoms with Gasteiger partial charge in [-0.2, -0.15) is 4.98 Å². The summed E-state index contributed by atoms with van der Waals surface area (Å²) in [7, 11) is 1.89. The predicted octanol–water partition coefficient (Wildman–Crippen LogP) is 0.284. The molecule has 0 unspecified atom stereocenters. The van der Waals surface area contributed by atoms with Gasteiger partial charge >= 0.3 is 0 Å². The highest BCUT2D eigenvalue weighted by Gasteiger charge is 2.12. The second kappa shape index (κ2) is 3.80. The van der Waals surface area contributed by atoms with Crippen molar-refractivity contribution in [1.29, 1.82) is 0 Å². The molecule has 2 heterocycles. The molecule has 0 saturated heterocycles. The van der Waals surface area contributed by atoms with E-state index >= 15 is 0 Å². The molecule has 0 aromatic carbocycles. The van der Waals surface area contributed by atoms with Crippen LogP contribution in [0.5, 0.6) is 0 Å². The van der Waals surface area contributed by atoms with Gasteiger partial charge in [0.15, 0.2) is 5.65 Å². The molecule has 0 atom stereocenters. The molecule has 84 valence electrons. The summed E-state index contributed by atoms with van der Waals surface area (Å²) in [6, 6.07) is 3.36. The van der Waals surface area contributed by atoms with Crippen LogP contribution < -0.4 is 10.6 Å². The normalized spacial score (nSPS) is 10.6. The van der Waals surface area contributed by atoms with Crippen LogP contribution in [-0.4, -0.2) is 34.1 Å². The highest BCUT2D eigenvalue weighted by molar-refractivity contribution is 5.98. The van der Waals surface area contributed by atoms with Gasteiger partial charge in [-0.1, -0.05) is 0 Å². The van der Waals surface area contributed by atoms with Crippen molar-refractivity contribution < 1.29 is 4.79 Å². The number of nitrogens with two attached hydrogens (primary N) is 1. The molecule has 2 aromatic heterocycles.